The molecule has 0 spiro atoms. The molecule has 2 aromatic rings. The van der Waals surface area contributed by atoms with E-state index in [0.29, 0.717) is 23.7 Å². The van der Waals surface area contributed by atoms with E-state index in [4.69, 9.17) is 9.39 Å². The van der Waals surface area contributed by atoms with Gasteiger partial charge in [0.15, 0.2) is 0 Å². The predicted molar refractivity (Wildman–Crippen MR) is 84.3 cm³/mol. The molecule has 0 unspecified atom stereocenters. The van der Waals surface area contributed by atoms with Gasteiger partial charge in [-0.2, -0.15) is 5.26 Å². The van der Waals surface area contributed by atoms with Gasteiger partial charge in [-0.1, -0.05) is 6.07 Å². The molecule has 1 heterocycles. The van der Waals surface area contributed by atoms with E-state index in [9.17, 15) is 10.3 Å². The van der Waals surface area contributed by atoms with Crippen molar-refractivity contribution in [3.05, 3.63) is 52.1 Å². The summed E-state index contributed by atoms with van der Waals surface area (Å²) in [6, 6.07) is 9.64. The highest BCUT2D eigenvalue weighted by Gasteiger charge is 2.28. The van der Waals surface area contributed by atoms with Crippen LogP contribution in [0.1, 0.15) is 27.8 Å². The van der Waals surface area contributed by atoms with Crippen molar-refractivity contribution >= 4 is 12.6 Å². The Morgan fingerprint density at radius 1 is 1.18 bits per heavy atom. The molecule has 0 bridgehead atoms. The van der Waals surface area contributed by atoms with Crippen molar-refractivity contribution < 1.29 is 14.4 Å². The Hall–Kier alpha value is -2.29. The minimum Gasteiger partial charge on any atom is -0.457 e. The average Bonchev–Trinajstić information content (AvgIpc) is 2.84. The van der Waals surface area contributed by atoms with Crippen LogP contribution in [0, 0.1) is 32.1 Å². The van der Waals surface area contributed by atoms with Crippen LogP contribution in [0.4, 0.5) is 0 Å². The molecule has 5 heteroatoms. The van der Waals surface area contributed by atoms with Crippen LogP contribution in [0.25, 0.3) is 0 Å². The van der Waals surface area contributed by atoms with E-state index in [0.717, 1.165) is 27.7 Å². The number of aryl methyl sites for hydroxylation is 2. The zero-order valence-corrected chi connectivity index (χ0v) is 12.8. The fourth-order valence-electron chi connectivity index (χ4n) is 2.60. The number of nitrogens with zero attached hydrogens (tertiary/aromatic N) is 1. The SMILES string of the molecule is Cc1cc2c(cc1Oc1cc(C)c(C)c(C#N)c1)COB2O. The Balaban J connectivity index is 1.98. The van der Waals surface area contributed by atoms with Crippen LogP contribution >= 0.6 is 0 Å². The third-order valence-electron chi connectivity index (χ3n) is 4.09. The van der Waals surface area contributed by atoms with Gasteiger partial charge in [0, 0.05) is 0 Å². The lowest BCUT2D eigenvalue weighted by Gasteiger charge is -2.13. The number of hydrogen-bond donors (Lipinski definition) is 1. The molecule has 1 aliphatic rings. The van der Waals surface area contributed by atoms with Gasteiger partial charge in [0.25, 0.3) is 0 Å². The van der Waals surface area contributed by atoms with E-state index in [1.807, 2.05) is 39.0 Å². The molecule has 0 aliphatic carbocycles. The maximum atomic E-state index is 9.72. The number of ether oxygens (including phenoxy) is 1. The summed E-state index contributed by atoms with van der Waals surface area (Å²) in [5, 5.41) is 18.9. The molecular formula is C17H16BNO3. The highest BCUT2D eigenvalue weighted by Crippen LogP contribution is 2.30. The number of benzene rings is 2. The smallest absolute Gasteiger partial charge is 0.457 e. The van der Waals surface area contributed by atoms with Crippen molar-refractivity contribution in [2.45, 2.75) is 27.4 Å². The third-order valence-corrected chi connectivity index (χ3v) is 4.09. The molecule has 1 aliphatic heterocycles. The fraction of sp³-hybridized carbons (Fsp3) is 0.235. The van der Waals surface area contributed by atoms with Gasteiger partial charge in [0.05, 0.1) is 18.2 Å². The van der Waals surface area contributed by atoms with Gasteiger partial charge in [0.1, 0.15) is 11.5 Å². The second kappa shape index (κ2) is 5.49. The van der Waals surface area contributed by atoms with Gasteiger partial charge >= 0.3 is 7.12 Å². The number of nitriles is 1. The molecule has 110 valence electrons. The molecule has 0 atom stereocenters. The van der Waals surface area contributed by atoms with Crippen LogP contribution in [0.2, 0.25) is 0 Å². The predicted octanol–water partition coefficient (Wildman–Crippen LogP) is 2.49. The first-order chi connectivity index (χ1) is 10.5. The van der Waals surface area contributed by atoms with Crippen LogP contribution < -0.4 is 10.2 Å². The molecule has 0 amide bonds. The lowest BCUT2D eigenvalue weighted by molar-refractivity contribution is 0.275. The van der Waals surface area contributed by atoms with E-state index in [2.05, 4.69) is 6.07 Å². The van der Waals surface area contributed by atoms with Crippen molar-refractivity contribution in [3.63, 3.8) is 0 Å². The van der Waals surface area contributed by atoms with Gasteiger partial charge in [0.2, 0.25) is 0 Å². The largest absolute Gasteiger partial charge is 0.491 e. The first kappa shape index (κ1) is 14.6. The van der Waals surface area contributed by atoms with E-state index >= 15 is 0 Å². The number of hydrogen-bond acceptors (Lipinski definition) is 4. The zero-order chi connectivity index (χ0) is 15.9. The van der Waals surface area contributed by atoms with Gasteiger partial charge in [-0.25, -0.2) is 0 Å². The standard InChI is InChI=1S/C17H16BNO3/c1-10-4-15(6-13(8-19)12(10)3)22-17-7-14-9-21-18(20)16(14)5-11(17)2/h4-7,20H,9H2,1-3H3. The van der Waals surface area contributed by atoms with Crippen LogP contribution in [0.3, 0.4) is 0 Å². The summed E-state index contributed by atoms with van der Waals surface area (Å²) in [5.41, 5.74) is 5.25. The Morgan fingerprint density at radius 2 is 1.95 bits per heavy atom. The molecule has 0 aromatic heterocycles. The molecule has 22 heavy (non-hydrogen) atoms. The summed E-state index contributed by atoms with van der Waals surface area (Å²) < 4.78 is 11.2. The van der Waals surface area contributed by atoms with Crippen molar-refractivity contribution in [2.75, 3.05) is 0 Å². The molecule has 0 saturated carbocycles. The Labute approximate surface area is 130 Å². The second-order valence-electron chi connectivity index (χ2n) is 5.61. The lowest BCUT2D eigenvalue weighted by Crippen LogP contribution is -2.28. The van der Waals surface area contributed by atoms with Gasteiger partial charge in [-0.3, -0.25) is 0 Å². The van der Waals surface area contributed by atoms with E-state index in [1.54, 1.807) is 6.07 Å². The highest BCUT2D eigenvalue weighted by atomic mass is 16.5. The van der Waals surface area contributed by atoms with E-state index < -0.39 is 7.12 Å². The van der Waals surface area contributed by atoms with Crippen LogP contribution in [-0.4, -0.2) is 12.1 Å². The molecule has 2 aromatic carbocycles. The normalized spacial score (nSPS) is 13.0. The minimum atomic E-state index is -0.852. The molecule has 0 saturated heterocycles. The molecule has 0 fully saturated rings. The Kier molecular flexibility index (Phi) is 3.65. The monoisotopic (exact) mass is 293 g/mol. The van der Waals surface area contributed by atoms with Crippen LogP contribution in [0.15, 0.2) is 24.3 Å². The summed E-state index contributed by atoms with van der Waals surface area (Å²) in [6.07, 6.45) is 0. The quantitative estimate of drug-likeness (QED) is 0.864. The lowest BCUT2D eigenvalue weighted by atomic mass is 9.79. The molecule has 4 nitrogen and oxygen atoms in total. The first-order valence-corrected chi connectivity index (χ1v) is 7.12. The van der Waals surface area contributed by atoms with Gasteiger partial charge in [-0.15, -0.1) is 0 Å². The van der Waals surface area contributed by atoms with Crippen molar-refractivity contribution in [3.8, 4) is 17.6 Å². The van der Waals surface area contributed by atoms with Crippen molar-refractivity contribution in [2.24, 2.45) is 0 Å². The summed E-state index contributed by atoms with van der Waals surface area (Å²) in [4.78, 5) is 0. The zero-order valence-electron chi connectivity index (χ0n) is 12.8. The highest BCUT2D eigenvalue weighted by molar-refractivity contribution is 6.61. The number of rotatable bonds is 2. The van der Waals surface area contributed by atoms with Crippen LogP contribution in [-0.2, 0) is 11.3 Å². The summed E-state index contributed by atoms with van der Waals surface area (Å²) >= 11 is 0. The van der Waals surface area contributed by atoms with Gasteiger partial charge in [-0.05, 0) is 66.7 Å². The summed E-state index contributed by atoms with van der Waals surface area (Å²) in [5.74, 6) is 1.35. The van der Waals surface area contributed by atoms with E-state index in [-0.39, 0.29) is 0 Å². The Morgan fingerprint density at radius 3 is 2.68 bits per heavy atom. The topological polar surface area (TPSA) is 62.5 Å². The van der Waals surface area contributed by atoms with Crippen LogP contribution in [0.5, 0.6) is 11.5 Å². The molecule has 1 N–H and O–H groups in total. The van der Waals surface area contributed by atoms with E-state index in [1.165, 1.54) is 0 Å². The second-order valence-corrected chi connectivity index (χ2v) is 5.61. The fourth-order valence-corrected chi connectivity index (χ4v) is 2.60. The van der Waals surface area contributed by atoms with Crippen molar-refractivity contribution in [1.29, 1.82) is 5.26 Å². The van der Waals surface area contributed by atoms with Gasteiger partial charge < -0.3 is 14.4 Å². The average molecular weight is 293 g/mol. The maximum Gasteiger partial charge on any atom is 0.491 e. The Bertz CT molecular complexity index is 795. The molecule has 3 rings (SSSR count). The molecular weight excluding hydrogens is 277 g/mol. The summed E-state index contributed by atoms with van der Waals surface area (Å²) in [7, 11) is -0.852. The molecule has 0 radical (unpaired) electrons. The third kappa shape index (κ3) is 2.48. The number of fused-ring (bicyclic) bond motifs is 1. The summed E-state index contributed by atoms with van der Waals surface area (Å²) in [6.45, 7) is 6.19. The van der Waals surface area contributed by atoms with Crippen molar-refractivity contribution in [1.82, 2.24) is 0 Å². The maximum absolute atomic E-state index is 9.72. The first-order valence-electron chi connectivity index (χ1n) is 7.12. The minimum absolute atomic E-state index is 0.378.